The van der Waals surface area contributed by atoms with Crippen molar-refractivity contribution in [2.24, 2.45) is 0 Å². The molecule has 0 saturated heterocycles. The van der Waals surface area contributed by atoms with E-state index in [1.807, 2.05) is 37.3 Å². The molecule has 3 aromatic rings. The van der Waals surface area contributed by atoms with Gasteiger partial charge in [0.1, 0.15) is 15.5 Å². The molecule has 0 bridgehead atoms. The summed E-state index contributed by atoms with van der Waals surface area (Å²) in [6.07, 6.45) is 0. The molecule has 0 spiro atoms. The van der Waals surface area contributed by atoms with Gasteiger partial charge in [0.25, 0.3) is 0 Å². The van der Waals surface area contributed by atoms with Crippen LogP contribution in [0, 0.1) is 6.92 Å². The standard InChI is InChI=1S/C20H23N3O2S/c1-6-23(20(3,4)5)17-14-12(2)15(19(24)25)26-18(14)22-16(21-17)13-10-8-7-9-11-13/h7-11H,6H2,1-5H3,(H,24,25). The number of aromatic carboxylic acids is 1. The Balaban J connectivity index is 2.36. The number of carboxylic acid groups (broad SMARTS) is 1. The van der Waals surface area contributed by atoms with E-state index in [2.05, 4.69) is 37.6 Å². The fraction of sp³-hybridized carbons (Fsp3) is 0.350. The van der Waals surface area contributed by atoms with Crippen molar-refractivity contribution in [3.8, 4) is 11.4 Å². The number of nitrogens with zero attached hydrogens (tertiary/aromatic N) is 3. The molecule has 6 heteroatoms. The summed E-state index contributed by atoms with van der Waals surface area (Å²) in [6, 6.07) is 9.79. The van der Waals surface area contributed by atoms with Crippen molar-refractivity contribution in [1.82, 2.24) is 9.97 Å². The molecule has 2 heterocycles. The summed E-state index contributed by atoms with van der Waals surface area (Å²) in [6.45, 7) is 11.1. The van der Waals surface area contributed by atoms with E-state index < -0.39 is 5.97 Å². The Labute approximate surface area is 157 Å². The third-order valence-electron chi connectivity index (χ3n) is 4.38. The fourth-order valence-electron chi connectivity index (χ4n) is 3.18. The average Bonchev–Trinajstić information content (AvgIpc) is 2.92. The molecule has 0 aliphatic heterocycles. The van der Waals surface area contributed by atoms with Gasteiger partial charge in [-0.25, -0.2) is 14.8 Å². The number of hydrogen-bond acceptors (Lipinski definition) is 5. The van der Waals surface area contributed by atoms with Gasteiger partial charge >= 0.3 is 5.97 Å². The number of fused-ring (bicyclic) bond motifs is 1. The second-order valence-corrected chi connectivity index (χ2v) is 8.19. The van der Waals surface area contributed by atoms with Gasteiger partial charge in [-0.3, -0.25) is 0 Å². The van der Waals surface area contributed by atoms with E-state index in [4.69, 9.17) is 4.98 Å². The number of aromatic nitrogens is 2. The molecule has 0 atom stereocenters. The number of hydrogen-bond donors (Lipinski definition) is 1. The highest BCUT2D eigenvalue weighted by molar-refractivity contribution is 7.20. The zero-order valence-electron chi connectivity index (χ0n) is 15.7. The smallest absolute Gasteiger partial charge is 0.346 e. The van der Waals surface area contributed by atoms with Gasteiger partial charge in [-0.1, -0.05) is 30.3 Å². The highest BCUT2D eigenvalue weighted by atomic mass is 32.1. The minimum atomic E-state index is -0.920. The quantitative estimate of drug-likeness (QED) is 0.702. The van der Waals surface area contributed by atoms with Crippen LogP contribution in [0.3, 0.4) is 0 Å². The minimum Gasteiger partial charge on any atom is -0.477 e. The molecule has 136 valence electrons. The Morgan fingerprint density at radius 1 is 1.19 bits per heavy atom. The molecular formula is C20H23N3O2S. The molecule has 0 unspecified atom stereocenters. The lowest BCUT2D eigenvalue weighted by molar-refractivity contribution is 0.0701. The molecule has 0 aliphatic rings. The summed E-state index contributed by atoms with van der Waals surface area (Å²) in [5, 5.41) is 10.4. The molecule has 0 radical (unpaired) electrons. The van der Waals surface area contributed by atoms with Crippen LogP contribution in [-0.4, -0.2) is 33.1 Å². The van der Waals surface area contributed by atoms with Crippen molar-refractivity contribution in [3.63, 3.8) is 0 Å². The maximum absolute atomic E-state index is 11.6. The topological polar surface area (TPSA) is 66.3 Å². The predicted octanol–water partition coefficient (Wildman–Crippen LogP) is 4.99. The molecule has 0 saturated carbocycles. The SMILES string of the molecule is CCN(c1nc(-c2ccccc2)nc2sc(C(=O)O)c(C)c12)C(C)(C)C. The van der Waals surface area contributed by atoms with Crippen molar-refractivity contribution in [1.29, 1.82) is 0 Å². The van der Waals surface area contributed by atoms with Crippen LogP contribution in [0.2, 0.25) is 0 Å². The molecule has 3 rings (SSSR count). The van der Waals surface area contributed by atoms with E-state index in [1.165, 1.54) is 11.3 Å². The van der Waals surface area contributed by atoms with Crippen LogP contribution < -0.4 is 4.90 Å². The molecule has 1 aromatic carbocycles. The van der Waals surface area contributed by atoms with Gasteiger partial charge in [-0.05, 0) is 40.2 Å². The van der Waals surface area contributed by atoms with E-state index in [0.29, 0.717) is 15.5 Å². The van der Waals surface area contributed by atoms with Crippen LogP contribution in [0.4, 0.5) is 5.82 Å². The first kappa shape index (κ1) is 18.3. The van der Waals surface area contributed by atoms with E-state index in [-0.39, 0.29) is 5.54 Å². The Hall–Kier alpha value is -2.47. The van der Waals surface area contributed by atoms with E-state index >= 15 is 0 Å². The van der Waals surface area contributed by atoms with E-state index in [9.17, 15) is 9.90 Å². The first-order valence-corrected chi connectivity index (χ1v) is 9.43. The van der Waals surface area contributed by atoms with Crippen molar-refractivity contribution >= 4 is 33.3 Å². The van der Waals surface area contributed by atoms with Crippen LogP contribution in [0.5, 0.6) is 0 Å². The number of thiophene rings is 1. The molecular weight excluding hydrogens is 346 g/mol. The molecule has 1 N–H and O–H groups in total. The Morgan fingerprint density at radius 3 is 2.38 bits per heavy atom. The van der Waals surface area contributed by atoms with Crippen LogP contribution >= 0.6 is 11.3 Å². The van der Waals surface area contributed by atoms with Gasteiger partial charge in [0.2, 0.25) is 0 Å². The van der Waals surface area contributed by atoms with Crippen molar-refractivity contribution in [3.05, 3.63) is 40.8 Å². The second kappa shape index (κ2) is 6.68. The molecule has 2 aromatic heterocycles. The molecule has 0 aliphatic carbocycles. The van der Waals surface area contributed by atoms with Gasteiger partial charge in [0, 0.05) is 17.6 Å². The normalized spacial score (nSPS) is 11.7. The molecule has 0 fully saturated rings. The summed E-state index contributed by atoms with van der Waals surface area (Å²) in [7, 11) is 0. The third-order valence-corrected chi connectivity index (χ3v) is 5.55. The number of anilines is 1. The summed E-state index contributed by atoms with van der Waals surface area (Å²) < 4.78 is 0. The first-order valence-electron chi connectivity index (χ1n) is 8.61. The van der Waals surface area contributed by atoms with Crippen molar-refractivity contribution < 1.29 is 9.90 Å². The summed E-state index contributed by atoms with van der Waals surface area (Å²) in [4.78, 5) is 24.4. The largest absolute Gasteiger partial charge is 0.477 e. The maximum atomic E-state index is 11.6. The van der Waals surface area contributed by atoms with Gasteiger partial charge in [0.15, 0.2) is 5.82 Å². The van der Waals surface area contributed by atoms with Crippen LogP contribution in [0.15, 0.2) is 30.3 Å². The molecule has 5 nitrogen and oxygen atoms in total. The lowest BCUT2D eigenvalue weighted by Gasteiger charge is -2.36. The van der Waals surface area contributed by atoms with Gasteiger partial charge < -0.3 is 10.0 Å². The zero-order chi connectivity index (χ0) is 19.1. The van der Waals surface area contributed by atoms with Crippen molar-refractivity contribution in [2.75, 3.05) is 11.4 Å². The lowest BCUT2D eigenvalue weighted by Crippen LogP contribution is -2.42. The Kier molecular flexibility index (Phi) is 4.71. The van der Waals surface area contributed by atoms with E-state index in [1.54, 1.807) is 0 Å². The van der Waals surface area contributed by atoms with Gasteiger partial charge in [-0.2, -0.15) is 0 Å². The first-order chi connectivity index (χ1) is 12.2. The number of carboxylic acids is 1. The van der Waals surface area contributed by atoms with E-state index in [0.717, 1.165) is 28.9 Å². The monoisotopic (exact) mass is 369 g/mol. The Morgan fingerprint density at radius 2 is 1.85 bits per heavy atom. The van der Waals surface area contributed by atoms with Gasteiger partial charge in [0.05, 0.1) is 5.39 Å². The number of benzene rings is 1. The van der Waals surface area contributed by atoms with Gasteiger partial charge in [-0.15, -0.1) is 11.3 Å². The fourth-order valence-corrected chi connectivity index (χ4v) is 4.19. The van der Waals surface area contributed by atoms with Crippen LogP contribution in [-0.2, 0) is 0 Å². The van der Waals surface area contributed by atoms with Crippen LogP contribution in [0.25, 0.3) is 21.6 Å². The zero-order valence-corrected chi connectivity index (χ0v) is 16.5. The molecule has 26 heavy (non-hydrogen) atoms. The summed E-state index contributed by atoms with van der Waals surface area (Å²) in [5.41, 5.74) is 1.50. The average molecular weight is 369 g/mol. The third kappa shape index (κ3) is 3.17. The van der Waals surface area contributed by atoms with Crippen molar-refractivity contribution in [2.45, 2.75) is 40.2 Å². The predicted molar refractivity (Wildman–Crippen MR) is 107 cm³/mol. The number of aryl methyl sites for hydroxylation is 1. The number of carbonyl (C=O) groups is 1. The summed E-state index contributed by atoms with van der Waals surface area (Å²) >= 11 is 1.22. The highest BCUT2D eigenvalue weighted by Gasteiger charge is 2.28. The second-order valence-electron chi connectivity index (χ2n) is 7.19. The van der Waals surface area contributed by atoms with Crippen LogP contribution in [0.1, 0.15) is 42.9 Å². The Bertz CT molecular complexity index is 959. The minimum absolute atomic E-state index is 0.151. The lowest BCUT2D eigenvalue weighted by atomic mass is 10.0. The molecule has 0 amide bonds. The summed E-state index contributed by atoms with van der Waals surface area (Å²) in [5.74, 6) is 0.496. The maximum Gasteiger partial charge on any atom is 0.346 e. The number of rotatable bonds is 4. The highest BCUT2D eigenvalue weighted by Crippen LogP contribution is 2.38.